The number of nitrogens with one attached hydrogen (secondary N) is 1. The quantitative estimate of drug-likeness (QED) is 0.467. The second kappa shape index (κ2) is 8.58. The third-order valence-corrected chi connectivity index (χ3v) is 4.62. The highest BCUT2D eigenvalue weighted by atomic mass is 35.5. The Hall–Kier alpha value is -3.07. The lowest BCUT2D eigenvalue weighted by molar-refractivity contribution is -0.139. The van der Waals surface area contributed by atoms with Crippen LogP contribution in [0.4, 0.5) is 26.3 Å². The normalized spacial score (nSPS) is 13.0. The van der Waals surface area contributed by atoms with Crippen LogP contribution in [0, 0.1) is 0 Å². The van der Waals surface area contributed by atoms with E-state index in [2.05, 4.69) is 10.3 Å². The molecule has 1 amide bonds. The first kappa shape index (κ1) is 22.6. The zero-order valence-electron chi connectivity index (χ0n) is 15.4. The Balaban J connectivity index is 2.07. The highest BCUT2D eigenvalue weighted by Gasteiger charge is 2.37. The second-order valence-corrected chi connectivity index (χ2v) is 6.90. The summed E-state index contributed by atoms with van der Waals surface area (Å²) in [5.74, 6) is -0.750. The molecule has 0 aliphatic rings. The molecule has 0 fully saturated rings. The number of hydrogen-bond acceptors (Lipinski definition) is 2. The summed E-state index contributed by atoms with van der Waals surface area (Å²) in [6.07, 6.45) is -8.31. The third kappa shape index (κ3) is 5.35. The Kier molecular flexibility index (Phi) is 6.26. The Morgan fingerprint density at radius 1 is 0.871 bits per heavy atom. The van der Waals surface area contributed by atoms with E-state index in [4.69, 9.17) is 11.6 Å². The summed E-state index contributed by atoms with van der Waals surface area (Å²) in [5.41, 5.74) is -2.53. The van der Waals surface area contributed by atoms with Gasteiger partial charge in [0.05, 0.1) is 22.9 Å². The van der Waals surface area contributed by atoms with E-state index in [1.165, 1.54) is 24.3 Å². The predicted molar refractivity (Wildman–Crippen MR) is 101 cm³/mol. The van der Waals surface area contributed by atoms with Gasteiger partial charge in [-0.1, -0.05) is 23.7 Å². The SMILES string of the molecule is O=C(NC(c1ccc(C(F)(F)F)cc1)c1ncccc1C(F)(F)F)c1ccc(Cl)cc1. The van der Waals surface area contributed by atoms with Crippen LogP contribution in [0.1, 0.15) is 38.8 Å². The van der Waals surface area contributed by atoms with E-state index in [-0.39, 0.29) is 11.1 Å². The first-order valence-electron chi connectivity index (χ1n) is 8.72. The van der Waals surface area contributed by atoms with E-state index in [1.807, 2.05) is 0 Å². The van der Waals surface area contributed by atoms with Gasteiger partial charge in [0.15, 0.2) is 0 Å². The summed E-state index contributed by atoms with van der Waals surface area (Å²) in [5, 5.41) is 2.78. The van der Waals surface area contributed by atoms with Crippen LogP contribution >= 0.6 is 11.6 Å². The van der Waals surface area contributed by atoms with Crippen LogP contribution < -0.4 is 5.32 Å². The molecule has 0 saturated heterocycles. The van der Waals surface area contributed by atoms with E-state index in [0.29, 0.717) is 5.02 Å². The molecule has 3 rings (SSSR count). The van der Waals surface area contributed by atoms with E-state index in [0.717, 1.165) is 42.6 Å². The number of nitrogens with zero attached hydrogens (tertiary/aromatic N) is 1. The second-order valence-electron chi connectivity index (χ2n) is 6.47. The lowest BCUT2D eigenvalue weighted by Crippen LogP contribution is -2.31. The van der Waals surface area contributed by atoms with Gasteiger partial charge in [-0.25, -0.2) is 0 Å². The topological polar surface area (TPSA) is 42.0 Å². The number of amides is 1. The highest BCUT2D eigenvalue weighted by Crippen LogP contribution is 2.36. The van der Waals surface area contributed by atoms with Crippen molar-refractivity contribution in [2.45, 2.75) is 18.4 Å². The van der Waals surface area contributed by atoms with Gasteiger partial charge in [-0.05, 0) is 54.1 Å². The molecule has 3 aromatic rings. The maximum absolute atomic E-state index is 13.5. The molecule has 0 radical (unpaired) electrons. The summed E-state index contributed by atoms with van der Waals surface area (Å²) in [4.78, 5) is 16.4. The van der Waals surface area contributed by atoms with E-state index in [9.17, 15) is 31.1 Å². The molecular weight excluding hydrogens is 446 g/mol. The van der Waals surface area contributed by atoms with Gasteiger partial charge in [0.1, 0.15) is 0 Å². The highest BCUT2D eigenvalue weighted by molar-refractivity contribution is 6.30. The van der Waals surface area contributed by atoms with Crippen LogP contribution in [0.5, 0.6) is 0 Å². The van der Waals surface area contributed by atoms with Crippen LogP contribution in [-0.2, 0) is 12.4 Å². The fraction of sp³-hybridized carbons (Fsp3) is 0.143. The number of pyridine rings is 1. The van der Waals surface area contributed by atoms with E-state index >= 15 is 0 Å². The van der Waals surface area contributed by atoms with Gasteiger partial charge in [-0.15, -0.1) is 0 Å². The smallest absolute Gasteiger partial charge is 0.340 e. The molecule has 1 atom stereocenters. The van der Waals surface area contributed by atoms with Gasteiger partial charge in [-0.3, -0.25) is 9.78 Å². The van der Waals surface area contributed by atoms with Crippen LogP contribution in [0.15, 0.2) is 66.9 Å². The Morgan fingerprint density at radius 2 is 1.48 bits per heavy atom. The largest absolute Gasteiger partial charge is 0.418 e. The average Bonchev–Trinajstić information content (AvgIpc) is 2.71. The Labute approximate surface area is 177 Å². The number of halogens is 7. The minimum atomic E-state index is -4.79. The number of carbonyl (C=O) groups is 1. The minimum Gasteiger partial charge on any atom is -0.340 e. The summed E-state index contributed by atoms with van der Waals surface area (Å²) >= 11 is 5.78. The van der Waals surface area contributed by atoms with Gasteiger partial charge >= 0.3 is 12.4 Å². The number of benzene rings is 2. The van der Waals surface area contributed by atoms with Crippen LogP contribution in [0.25, 0.3) is 0 Å². The van der Waals surface area contributed by atoms with Gasteiger partial charge in [0.2, 0.25) is 0 Å². The fourth-order valence-electron chi connectivity index (χ4n) is 2.88. The summed E-state index contributed by atoms with van der Waals surface area (Å²) in [7, 11) is 0. The van der Waals surface area contributed by atoms with Crippen molar-refractivity contribution in [1.29, 1.82) is 0 Å². The van der Waals surface area contributed by atoms with Crippen molar-refractivity contribution in [3.05, 3.63) is 99.8 Å². The van der Waals surface area contributed by atoms with E-state index < -0.39 is 41.1 Å². The van der Waals surface area contributed by atoms with Crippen LogP contribution in [0.3, 0.4) is 0 Å². The molecule has 1 N–H and O–H groups in total. The maximum atomic E-state index is 13.5. The lowest BCUT2D eigenvalue weighted by atomic mass is 9.97. The van der Waals surface area contributed by atoms with Gasteiger partial charge in [0, 0.05) is 16.8 Å². The molecule has 3 nitrogen and oxygen atoms in total. The first-order valence-corrected chi connectivity index (χ1v) is 9.10. The summed E-state index contributed by atoms with van der Waals surface area (Å²) < 4.78 is 79.3. The molecule has 0 bridgehead atoms. The molecular formula is C21H13ClF6N2O. The standard InChI is InChI=1S/C21H13ClF6N2O/c22-15-9-5-13(6-10-15)19(31)30-17(12-3-7-14(8-4-12)20(23,24)25)18-16(21(26,27)28)2-1-11-29-18/h1-11,17H,(H,30,31). The summed E-state index contributed by atoms with van der Waals surface area (Å²) in [6.45, 7) is 0. The van der Waals surface area contributed by atoms with Gasteiger partial charge in [0.25, 0.3) is 5.91 Å². The molecule has 0 spiro atoms. The van der Waals surface area contributed by atoms with Crippen molar-refractivity contribution in [2.24, 2.45) is 0 Å². The number of aromatic nitrogens is 1. The van der Waals surface area contributed by atoms with Crippen molar-refractivity contribution in [2.75, 3.05) is 0 Å². The van der Waals surface area contributed by atoms with Crippen molar-refractivity contribution in [3.63, 3.8) is 0 Å². The number of alkyl halides is 6. The Bertz CT molecular complexity index is 1060. The maximum Gasteiger partial charge on any atom is 0.418 e. The molecule has 1 aromatic heterocycles. The monoisotopic (exact) mass is 458 g/mol. The van der Waals surface area contributed by atoms with Crippen molar-refractivity contribution in [1.82, 2.24) is 10.3 Å². The third-order valence-electron chi connectivity index (χ3n) is 4.37. The molecule has 0 saturated carbocycles. The van der Waals surface area contributed by atoms with Crippen molar-refractivity contribution < 1.29 is 31.1 Å². The molecule has 31 heavy (non-hydrogen) atoms. The molecule has 0 aliphatic carbocycles. The number of rotatable bonds is 4. The van der Waals surface area contributed by atoms with Crippen molar-refractivity contribution >= 4 is 17.5 Å². The molecule has 10 heteroatoms. The minimum absolute atomic E-state index is 0.000450. The number of carbonyl (C=O) groups excluding carboxylic acids is 1. The molecule has 1 unspecified atom stereocenters. The first-order chi connectivity index (χ1) is 14.5. The molecule has 162 valence electrons. The fourth-order valence-corrected chi connectivity index (χ4v) is 3.00. The Morgan fingerprint density at radius 3 is 2.03 bits per heavy atom. The zero-order valence-corrected chi connectivity index (χ0v) is 16.2. The lowest BCUT2D eigenvalue weighted by Gasteiger charge is -2.23. The van der Waals surface area contributed by atoms with Crippen molar-refractivity contribution in [3.8, 4) is 0 Å². The van der Waals surface area contributed by atoms with E-state index in [1.54, 1.807) is 0 Å². The number of hydrogen-bond donors (Lipinski definition) is 1. The van der Waals surface area contributed by atoms with Crippen LogP contribution in [-0.4, -0.2) is 10.9 Å². The summed E-state index contributed by atoms with van der Waals surface area (Å²) in [6, 6.07) is 9.45. The van der Waals surface area contributed by atoms with Gasteiger partial charge in [-0.2, -0.15) is 26.3 Å². The van der Waals surface area contributed by atoms with Crippen LogP contribution in [0.2, 0.25) is 5.02 Å². The average molecular weight is 459 g/mol. The molecule has 1 heterocycles. The molecule has 2 aromatic carbocycles. The molecule has 0 aliphatic heterocycles. The van der Waals surface area contributed by atoms with Gasteiger partial charge < -0.3 is 5.32 Å². The predicted octanol–water partition coefficient (Wildman–Crippen LogP) is 6.29. The zero-order chi connectivity index (χ0) is 22.8.